The second-order valence-electron chi connectivity index (χ2n) is 2.79. The van der Waals surface area contributed by atoms with Gasteiger partial charge < -0.3 is 5.73 Å². The Morgan fingerprint density at radius 1 is 1.58 bits per heavy atom. The van der Waals surface area contributed by atoms with Gasteiger partial charge in [0.05, 0.1) is 0 Å². The topological polar surface area (TPSA) is 64.9 Å². The van der Waals surface area contributed by atoms with Crippen LogP contribution in [0.2, 0.25) is 0 Å². The molecule has 0 saturated heterocycles. The number of aromatic nitrogens is 2. The minimum Gasteiger partial charge on any atom is -0.327 e. The maximum Gasteiger partial charge on any atom is 0.117 e. The molecule has 1 heterocycles. The van der Waals surface area contributed by atoms with Crippen LogP contribution in [0.3, 0.4) is 0 Å². The Balaban J connectivity index is 2.29. The Hall–Kier alpha value is -0.550. The highest BCUT2D eigenvalue weighted by atomic mass is 32.2. The van der Waals surface area contributed by atoms with E-state index in [0.717, 1.165) is 22.9 Å². The standard InChI is InChI=1S/C7H13N3OS/c1-5(8)3-12-4-7-6(2)9-11-10-7/h5H,3-4,8H2,1-2H3. The van der Waals surface area contributed by atoms with Gasteiger partial charge in [-0.3, -0.25) is 0 Å². The number of hydrogen-bond acceptors (Lipinski definition) is 5. The molecule has 68 valence electrons. The summed E-state index contributed by atoms with van der Waals surface area (Å²) in [4.78, 5) is 0. The van der Waals surface area contributed by atoms with Crippen LogP contribution < -0.4 is 5.73 Å². The van der Waals surface area contributed by atoms with Crippen molar-refractivity contribution < 1.29 is 4.63 Å². The molecule has 0 aromatic carbocycles. The second kappa shape index (κ2) is 4.47. The van der Waals surface area contributed by atoms with Gasteiger partial charge >= 0.3 is 0 Å². The van der Waals surface area contributed by atoms with Gasteiger partial charge in [-0.05, 0) is 13.8 Å². The lowest BCUT2D eigenvalue weighted by Gasteiger charge is -2.01. The molecule has 0 amide bonds. The van der Waals surface area contributed by atoms with Crippen LogP contribution in [0, 0.1) is 6.92 Å². The summed E-state index contributed by atoms with van der Waals surface area (Å²) in [7, 11) is 0. The van der Waals surface area contributed by atoms with Crippen LogP contribution in [0.4, 0.5) is 0 Å². The summed E-state index contributed by atoms with van der Waals surface area (Å²) in [6, 6.07) is 0.232. The Labute approximate surface area is 75.9 Å². The summed E-state index contributed by atoms with van der Waals surface area (Å²) < 4.78 is 4.56. The van der Waals surface area contributed by atoms with E-state index in [2.05, 4.69) is 14.9 Å². The molecule has 0 saturated carbocycles. The van der Waals surface area contributed by atoms with Crippen LogP contribution in [0.5, 0.6) is 0 Å². The van der Waals surface area contributed by atoms with Crippen molar-refractivity contribution in [2.45, 2.75) is 25.6 Å². The molecule has 1 unspecified atom stereocenters. The summed E-state index contributed by atoms with van der Waals surface area (Å²) >= 11 is 1.75. The zero-order valence-corrected chi connectivity index (χ0v) is 8.10. The average molecular weight is 187 g/mol. The smallest absolute Gasteiger partial charge is 0.117 e. The molecule has 0 spiro atoms. The van der Waals surface area contributed by atoms with E-state index in [-0.39, 0.29) is 6.04 Å². The fourth-order valence-corrected chi connectivity index (χ4v) is 1.67. The van der Waals surface area contributed by atoms with E-state index in [1.807, 2.05) is 13.8 Å². The number of thioether (sulfide) groups is 1. The Bertz CT molecular complexity index is 236. The molecule has 4 nitrogen and oxygen atoms in total. The lowest BCUT2D eigenvalue weighted by atomic mass is 10.4. The molecular weight excluding hydrogens is 174 g/mol. The van der Waals surface area contributed by atoms with Crippen molar-refractivity contribution in [2.75, 3.05) is 5.75 Å². The number of aryl methyl sites for hydroxylation is 1. The minimum atomic E-state index is 0.232. The maximum atomic E-state index is 5.59. The second-order valence-corrected chi connectivity index (χ2v) is 3.82. The number of nitrogens with two attached hydrogens (primary N) is 1. The van der Waals surface area contributed by atoms with Crippen molar-refractivity contribution in [3.8, 4) is 0 Å². The summed E-state index contributed by atoms with van der Waals surface area (Å²) in [6.45, 7) is 3.87. The van der Waals surface area contributed by atoms with Crippen molar-refractivity contribution in [2.24, 2.45) is 5.73 Å². The summed E-state index contributed by atoms with van der Waals surface area (Å²) in [5.41, 5.74) is 7.37. The molecular formula is C7H13N3OS. The average Bonchev–Trinajstić information content (AvgIpc) is 2.36. The molecule has 1 rings (SSSR count). The van der Waals surface area contributed by atoms with Gasteiger partial charge in [0, 0.05) is 17.5 Å². The van der Waals surface area contributed by atoms with E-state index in [1.165, 1.54) is 0 Å². The first kappa shape index (κ1) is 9.54. The largest absolute Gasteiger partial charge is 0.327 e. The van der Waals surface area contributed by atoms with Gasteiger partial charge in [-0.25, -0.2) is 4.63 Å². The zero-order chi connectivity index (χ0) is 8.97. The third kappa shape index (κ3) is 2.83. The minimum absolute atomic E-state index is 0.232. The van der Waals surface area contributed by atoms with Gasteiger partial charge in [0.2, 0.25) is 0 Å². The third-order valence-electron chi connectivity index (χ3n) is 1.37. The highest BCUT2D eigenvalue weighted by Crippen LogP contribution is 2.12. The first-order valence-corrected chi connectivity index (χ1v) is 4.97. The van der Waals surface area contributed by atoms with Crippen molar-refractivity contribution in [1.29, 1.82) is 0 Å². The molecule has 0 aliphatic heterocycles. The molecule has 12 heavy (non-hydrogen) atoms. The molecule has 0 aliphatic rings. The quantitative estimate of drug-likeness (QED) is 0.760. The Morgan fingerprint density at radius 3 is 2.83 bits per heavy atom. The van der Waals surface area contributed by atoms with E-state index in [9.17, 15) is 0 Å². The number of hydrogen-bond donors (Lipinski definition) is 1. The molecule has 2 N–H and O–H groups in total. The Kier molecular flexibility index (Phi) is 3.55. The van der Waals surface area contributed by atoms with Gasteiger partial charge in [-0.15, -0.1) is 0 Å². The lowest BCUT2D eigenvalue weighted by molar-refractivity contribution is 0.302. The third-order valence-corrected chi connectivity index (χ3v) is 2.60. The van der Waals surface area contributed by atoms with Crippen LogP contribution in [-0.2, 0) is 5.75 Å². The first-order valence-electron chi connectivity index (χ1n) is 3.81. The predicted octanol–water partition coefficient (Wildman–Crippen LogP) is 0.958. The van der Waals surface area contributed by atoms with Crippen molar-refractivity contribution in [1.82, 2.24) is 10.3 Å². The SMILES string of the molecule is Cc1nonc1CSCC(C)N. The van der Waals surface area contributed by atoms with Gasteiger partial charge in [-0.1, -0.05) is 10.3 Å². The fourth-order valence-electron chi connectivity index (χ4n) is 0.722. The molecule has 0 fully saturated rings. The molecule has 1 atom stereocenters. The van der Waals surface area contributed by atoms with E-state index in [1.54, 1.807) is 11.8 Å². The predicted molar refractivity (Wildman–Crippen MR) is 48.8 cm³/mol. The van der Waals surface area contributed by atoms with Crippen LogP contribution in [0.1, 0.15) is 18.3 Å². The first-order chi connectivity index (χ1) is 5.70. The number of rotatable bonds is 4. The Morgan fingerprint density at radius 2 is 2.33 bits per heavy atom. The summed E-state index contributed by atoms with van der Waals surface area (Å²) in [5.74, 6) is 1.77. The zero-order valence-electron chi connectivity index (χ0n) is 7.28. The van der Waals surface area contributed by atoms with Gasteiger partial charge in [0.25, 0.3) is 0 Å². The summed E-state index contributed by atoms with van der Waals surface area (Å²) in [5, 5.41) is 7.45. The van der Waals surface area contributed by atoms with Crippen molar-refractivity contribution in [3.05, 3.63) is 11.4 Å². The molecule has 0 aliphatic carbocycles. The molecule has 5 heteroatoms. The lowest BCUT2D eigenvalue weighted by Crippen LogP contribution is -2.17. The van der Waals surface area contributed by atoms with Gasteiger partial charge in [-0.2, -0.15) is 11.8 Å². The van der Waals surface area contributed by atoms with Gasteiger partial charge in [0.15, 0.2) is 0 Å². The maximum absolute atomic E-state index is 5.59. The van der Waals surface area contributed by atoms with Crippen LogP contribution >= 0.6 is 11.8 Å². The summed E-state index contributed by atoms with van der Waals surface area (Å²) in [6.07, 6.45) is 0. The molecule has 1 aromatic heterocycles. The highest BCUT2D eigenvalue weighted by Gasteiger charge is 2.04. The van der Waals surface area contributed by atoms with Crippen molar-refractivity contribution in [3.63, 3.8) is 0 Å². The highest BCUT2D eigenvalue weighted by molar-refractivity contribution is 7.98. The van der Waals surface area contributed by atoms with Crippen LogP contribution in [-0.4, -0.2) is 22.1 Å². The van der Waals surface area contributed by atoms with E-state index in [4.69, 9.17) is 5.73 Å². The molecule has 1 aromatic rings. The monoisotopic (exact) mass is 187 g/mol. The van der Waals surface area contributed by atoms with Crippen molar-refractivity contribution >= 4 is 11.8 Å². The number of nitrogens with zero attached hydrogens (tertiary/aromatic N) is 2. The van der Waals surface area contributed by atoms with Crippen LogP contribution in [0.25, 0.3) is 0 Å². The molecule has 0 radical (unpaired) electrons. The van der Waals surface area contributed by atoms with E-state index in [0.29, 0.717) is 0 Å². The van der Waals surface area contributed by atoms with E-state index >= 15 is 0 Å². The van der Waals surface area contributed by atoms with E-state index < -0.39 is 0 Å². The normalized spacial score (nSPS) is 13.2. The molecule has 0 bridgehead atoms. The van der Waals surface area contributed by atoms with Gasteiger partial charge in [0.1, 0.15) is 11.4 Å². The fraction of sp³-hybridized carbons (Fsp3) is 0.714. The van der Waals surface area contributed by atoms with Crippen LogP contribution in [0.15, 0.2) is 4.63 Å².